The maximum absolute atomic E-state index is 12.4. The molecule has 0 saturated carbocycles. The molecule has 0 amide bonds. The Hall–Kier alpha value is -2.53. The van der Waals surface area contributed by atoms with Crippen LogP contribution in [-0.2, 0) is 4.74 Å². The lowest BCUT2D eigenvalue weighted by Gasteiger charge is -2.32. The second-order valence-corrected chi connectivity index (χ2v) is 5.52. The third kappa shape index (κ3) is 4.73. The SMILES string of the molecule is CCCCC(CO)(OC(=O)c1ccc(O)cc1)Oc1ccccc1. The highest BCUT2D eigenvalue weighted by atomic mass is 16.7. The minimum atomic E-state index is -1.44. The number of hydrogen-bond acceptors (Lipinski definition) is 5. The van der Waals surface area contributed by atoms with E-state index in [9.17, 15) is 15.0 Å². The Bertz CT molecular complexity index is 639. The highest BCUT2D eigenvalue weighted by Crippen LogP contribution is 2.26. The number of para-hydroxylation sites is 1. The third-order valence-electron chi connectivity index (χ3n) is 3.58. The average molecular weight is 330 g/mol. The van der Waals surface area contributed by atoms with E-state index in [-0.39, 0.29) is 11.3 Å². The van der Waals surface area contributed by atoms with Crippen molar-refractivity contribution in [3.63, 3.8) is 0 Å². The summed E-state index contributed by atoms with van der Waals surface area (Å²) < 4.78 is 11.4. The van der Waals surface area contributed by atoms with Crippen LogP contribution in [0, 0.1) is 0 Å². The van der Waals surface area contributed by atoms with E-state index in [0.29, 0.717) is 12.2 Å². The average Bonchev–Trinajstić information content (AvgIpc) is 2.61. The molecule has 24 heavy (non-hydrogen) atoms. The van der Waals surface area contributed by atoms with Crippen molar-refractivity contribution in [3.8, 4) is 11.5 Å². The van der Waals surface area contributed by atoms with E-state index < -0.39 is 18.4 Å². The zero-order chi connectivity index (χ0) is 17.4. The lowest BCUT2D eigenvalue weighted by atomic mass is 10.1. The molecular formula is C19H22O5. The molecule has 0 spiro atoms. The number of unbranched alkanes of at least 4 members (excludes halogenated alkanes) is 1. The van der Waals surface area contributed by atoms with Crippen LogP contribution in [0.5, 0.6) is 11.5 Å². The number of benzene rings is 2. The first-order valence-electron chi connectivity index (χ1n) is 7.96. The molecule has 0 aliphatic rings. The highest BCUT2D eigenvalue weighted by Gasteiger charge is 2.36. The predicted molar refractivity (Wildman–Crippen MR) is 89.9 cm³/mol. The van der Waals surface area contributed by atoms with Gasteiger partial charge in [-0.2, -0.15) is 0 Å². The van der Waals surface area contributed by atoms with Crippen LogP contribution in [0.25, 0.3) is 0 Å². The number of rotatable bonds is 8. The van der Waals surface area contributed by atoms with Gasteiger partial charge >= 0.3 is 5.97 Å². The Kier molecular flexibility index (Phi) is 6.21. The molecule has 1 atom stereocenters. The molecule has 0 radical (unpaired) electrons. The molecule has 128 valence electrons. The number of hydrogen-bond donors (Lipinski definition) is 2. The van der Waals surface area contributed by atoms with Crippen LogP contribution in [-0.4, -0.2) is 28.6 Å². The lowest BCUT2D eigenvalue weighted by Crippen LogP contribution is -2.45. The molecule has 0 aromatic heterocycles. The van der Waals surface area contributed by atoms with E-state index in [1.807, 2.05) is 13.0 Å². The van der Waals surface area contributed by atoms with Crippen LogP contribution in [0.2, 0.25) is 0 Å². The van der Waals surface area contributed by atoms with E-state index >= 15 is 0 Å². The smallest absolute Gasteiger partial charge is 0.341 e. The quantitative estimate of drug-likeness (QED) is 0.572. The van der Waals surface area contributed by atoms with Crippen molar-refractivity contribution in [2.24, 2.45) is 0 Å². The number of phenolic OH excluding ortho intramolecular Hbond substituents is 1. The van der Waals surface area contributed by atoms with Gasteiger partial charge in [-0.25, -0.2) is 4.79 Å². The van der Waals surface area contributed by atoms with Crippen molar-refractivity contribution in [1.29, 1.82) is 0 Å². The van der Waals surface area contributed by atoms with Crippen LogP contribution in [0.3, 0.4) is 0 Å². The van der Waals surface area contributed by atoms with E-state index in [0.717, 1.165) is 12.8 Å². The summed E-state index contributed by atoms with van der Waals surface area (Å²) in [5.74, 6) is -1.48. The predicted octanol–water partition coefficient (Wildman–Crippen LogP) is 3.51. The van der Waals surface area contributed by atoms with Gasteiger partial charge in [-0.15, -0.1) is 0 Å². The Morgan fingerprint density at radius 2 is 1.75 bits per heavy atom. The summed E-state index contributed by atoms with van der Waals surface area (Å²) >= 11 is 0. The Balaban J connectivity index is 2.20. The van der Waals surface area contributed by atoms with Gasteiger partial charge in [0.2, 0.25) is 0 Å². The van der Waals surface area contributed by atoms with Gasteiger partial charge in [0.25, 0.3) is 5.79 Å². The standard InChI is InChI=1S/C19H22O5/c1-2-3-13-19(14-20,23-17-7-5-4-6-8-17)24-18(22)15-9-11-16(21)12-10-15/h4-12,20-21H,2-3,13-14H2,1H3. The molecule has 0 heterocycles. The summed E-state index contributed by atoms with van der Waals surface area (Å²) in [5, 5.41) is 19.2. The molecule has 5 heteroatoms. The van der Waals surface area contributed by atoms with Crippen molar-refractivity contribution in [2.75, 3.05) is 6.61 Å². The zero-order valence-corrected chi connectivity index (χ0v) is 13.6. The Morgan fingerprint density at radius 1 is 1.08 bits per heavy atom. The van der Waals surface area contributed by atoms with Crippen LogP contribution in [0.4, 0.5) is 0 Å². The number of aliphatic hydroxyl groups is 1. The summed E-state index contributed by atoms with van der Waals surface area (Å²) in [6.07, 6.45) is 1.98. The first kappa shape index (κ1) is 17.8. The van der Waals surface area contributed by atoms with Gasteiger partial charge in [-0.1, -0.05) is 31.5 Å². The van der Waals surface area contributed by atoms with Crippen LogP contribution < -0.4 is 4.74 Å². The summed E-state index contributed by atoms with van der Waals surface area (Å²) in [6, 6.07) is 14.7. The number of aliphatic hydroxyl groups excluding tert-OH is 1. The minimum absolute atomic E-state index is 0.0616. The maximum Gasteiger partial charge on any atom is 0.341 e. The van der Waals surface area contributed by atoms with Crippen LogP contribution in [0.15, 0.2) is 54.6 Å². The first-order chi connectivity index (χ1) is 11.6. The van der Waals surface area contributed by atoms with Crippen molar-refractivity contribution >= 4 is 5.97 Å². The summed E-state index contributed by atoms with van der Waals surface area (Å²) in [5.41, 5.74) is 0.277. The van der Waals surface area contributed by atoms with Crippen molar-refractivity contribution < 1.29 is 24.5 Å². The summed E-state index contributed by atoms with van der Waals surface area (Å²) in [4.78, 5) is 12.4. The largest absolute Gasteiger partial charge is 0.508 e. The third-order valence-corrected chi connectivity index (χ3v) is 3.58. The van der Waals surface area contributed by atoms with E-state index in [2.05, 4.69) is 0 Å². The monoisotopic (exact) mass is 330 g/mol. The number of phenols is 1. The number of esters is 1. The Labute approximate surface area is 141 Å². The molecule has 1 unspecified atom stereocenters. The lowest BCUT2D eigenvalue weighted by molar-refractivity contribution is -0.174. The van der Waals surface area contributed by atoms with E-state index in [1.165, 1.54) is 24.3 Å². The van der Waals surface area contributed by atoms with Gasteiger partial charge in [0.15, 0.2) is 0 Å². The van der Waals surface area contributed by atoms with E-state index in [1.54, 1.807) is 24.3 Å². The van der Waals surface area contributed by atoms with Crippen molar-refractivity contribution in [2.45, 2.75) is 32.0 Å². The number of carbonyl (C=O) groups is 1. The number of aromatic hydroxyl groups is 1. The molecule has 0 bridgehead atoms. The normalized spacial score (nSPS) is 13.1. The zero-order valence-electron chi connectivity index (χ0n) is 13.6. The molecule has 0 saturated heterocycles. The summed E-state index contributed by atoms with van der Waals surface area (Å²) in [7, 11) is 0. The maximum atomic E-state index is 12.4. The van der Waals surface area contributed by atoms with Gasteiger partial charge in [0.1, 0.15) is 18.1 Å². The molecule has 2 N–H and O–H groups in total. The fourth-order valence-electron chi connectivity index (χ4n) is 2.24. The number of ether oxygens (including phenoxy) is 2. The minimum Gasteiger partial charge on any atom is -0.508 e. The molecule has 0 aliphatic heterocycles. The first-order valence-corrected chi connectivity index (χ1v) is 7.96. The molecular weight excluding hydrogens is 308 g/mol. The van der Waals surface area contributed by atoms with Crippen molar-refractivity contribution in [1.82, 2.24) is 0 Å². The summed E-state index contributed by atoms with van der Waals surface area (Å²) in [6.45, 7) is 1.55. The van der Waals surface area contributed by atoms with Gasteiger partial charge in [0, 0.05) is 6.42 Å². The van der Waals surface area contributed by atoms with Crippen molar-refractivity contribution in [3.05, 3.63) is 60.2 Å². The second kappa shape index (κ2) is 8.36. The van der Waals surface area contributed by atoms with Gasteiger partial charge in [-0.3, -0.25) is 0 Å². The molecule has 5 nitrogen and oxygen atoms in total. The molecule has 2 aromatic carbocycles. The highest BCUT2D eigenvalue weighted by molar-refractivity contribution is 5.89. The molecule has 2 aromatic rings. The van der Waals surface area contributed by atoms with E-state index in [4.69, 9.17) is 9.47 Å². The van der Waals surface area contributed by atoms with Gasteiger partial charge in [0.05, 0.1) is 5.56 Å². The fraction of sp³-hybridized carbons (Fsp3) is 0.316. The second-order valence-electron chi connectivity index (χ2n) is 5.52. The molecule has 2 rings (SSSR count). The topological polar surface area (TPSA) is 76.0 Å². The Morgan fingerprint density at radius 3 is 2.33 bits per heavy atom. The van der Waals surface area contributed by atoms with Crippen LogP contribution >= 0.6 is 0 Å². The number of carbonyl (C=O) groups excluding carboxylic acids is 1. The molecule has 0 aliphatic carbocycles. The fourth-order valence-corrected chi connectivity index (χ4v) is 2.24. The van der Waals surface area contributed by atoms with Gasteiger partial charge < -0.3 is 19.7 Å². The van der Waals surface area contributed by atoms with Gasteiger partial charge in [-0.05, 0) is 42.8 Å². The van der Waals surface area contributed by atoms with Crippen LogP contribution in [0.1, 0.15) is 36.5 Å². The molecule has 0 fully saturated rings.